The van der Waals surface area contributed by atoms with Gasteiger partial charge < -0.3 is 16.0 Å². The number of fused-ring (bicyclic) bond motifs is 1. The predicted molar refractivity (Wildman–Crippen MR) is 65.4 cm³/mol. The van der Waals surface area contributed by atoms with E-state index in [1.54, 1.807) is 10.6 Å². The topological polar surface area (TPSA) is 88.6 Å². The maximum absolute atomic E-state index is 11.3. The first-order valence-electron chi connectivity index (χ1n) is 5.78. The standard InChI is InChI=1S/C11H13N6O/c12-10(18)8-1-2-9(16-5-3-13-4-6-16)17-11(8)14-7-15-17/h1-2,13H,3-6H2,(H2,12,18). The van der Waals surface area contributed by atoms with Gasteiger partial charge in [-0.25, -0.2) is 4.98 Å². The monoisotopic (exact) mass is 245 g/mol. The number of amides is 1. The molecule has 3 rings (SSSR count). The molecular formula is C11H13N6O. The Morgan fingerprint density at radius 2 is 2.17 bits per heavy atom. The van der Waals surface area contributed by atoms with Crippen molar-refractivity contribution in [1.82, 2.24) is 19.9 Å². The van der Waals surface area contributed by atoms with Crippen LogP contribution in [0.4, 0.5) is 5.82 Å². The largest absolute Gasteiger partial charge is 0.365 e. The van der Waals surface area contributed by atoms with Crippen LogP contribution in [-0.4, -0.2) is 46.7 Å². The molecule has 7 heteroatoms. The molecule has 2 aromatic rings. The third-order valence-electron chi connectivity index (χ3n) is 3.06. The number of pyridine rings is 1. The van der Waals surface area contributed by atoms with Crippen molar-refractivity contribution in [2.24, 2.45) is 5.73 Å². The molecule has 0 spiro atoms. The normalized spacial score (nSPS) is 16.1. The van der Waals surface area contributed by atoms with Crippen LogP contribution in [0, 0.1) is 6.33 Å². The average molecular weight is 245 g/mol. The Balaban J connectivity index is 2.10. The van der Waals surface area contributed by atoms with Gasteiger partial charge in [-0.15, -0.1) is 5.10 Å². The molecule has 93 valence electrons. The van der Waals surface area contributed by atoms with Gasteiger partial charge in [0.05, 0.1) is 5.56 Å². The molecule has 1 aliphatic rings. The Kier molecular flexibility index (Phi) is 2.60. The van der Waals surface area contributed by atoms with Gasteiger partial charge in [-0.3, -0.25) is 4.79 Å². The van der Waals surface area contributed by atoms with Crippen LogP contribution in [-0.2, 0) is 0 Å². The quantitative estimate of drug-likeness (QED) is 0.711. The van der Waals surface area contributed by atoms with Crippen LogP contribution in [0.1, 0.15) is 10.4 Å². The molecule has 0 bridgehead atoms. The van der Waals surface area contributed by atoms with Crippen LogP contribution in [0.25, 0.3) is 5.65 Å². The highest BCUT2D eigenvalue weighted by atomic mass is 16.1. The highest BCUT2D eigenvalue weighted by molar-refractivity contribution is 5.98. The molecule has 18 heavy (non-hydrogen) atoms. The summed E-state index contributed by atoms with van der Waals surface area (Å²) in [5.74, 6) is 0.401. The number of carbonyl (C=O) groups is 1. The van der Waals surface area contributed by atoms with Crippen LogP contribution in [0.2, 0.25) is 0 Å². The summed E-state index contributed by atoms with van der Waals surface area (Å²) in [7, 11) is 0. The number of nitrogens with one attached hydrogen (secondary N) is 1. The molecule has 0 aromatic carbocycles. The van der Waals surface area contributed by atoms with Crippen LogP contribution in [0.15, 0.2) is 12.1 Å². The lowest BCUT2D eigenvalue weighted by Crippen LogP contribution is -2.44. The third-order valence-corrected chi connectivity index (χ3v) is 3.06. The van der Waals surface area contributed by atoms with Crippen molar-refractivity contribution in [3.63, 3.8) is 0 Å². The maximum Gasteiger partial charge on any atom is 0.252 e. The van der Waals surface area contributed by atoms with E-state index in [2.05, 4.69) is 26.6 Å². The Labute approximate surface area is 104 Å². The number of nitrogens with two attached hydrogens (primary N) is 1. The van der Waals surface area contributed by atoms with Gasteiger partial charge in [-0.05, 0) is 12.1 Å². The number of nitrogens with zero attached hydrogens (tertiary/aromatic N) is 4. The Morgan fingerprint density at radius 1 is 1.39 bits per heavy atom. The fourth-order valence-electron chi connectivity index (χ4n) is 2.17. The van der Waals surface area contributed by atoms with Gasteiger partial charge in [0, 0.05) is 26.2 Å². The van der Waals surface area contributed by atoms with Gasteiger partial charge in [0.25, 0.3) is 5.91 Å². The summed E-state index contributed by atoms with van der Waals surface area (Å²) >= 11 is 0. The fourth-order valence-corrected chi connectivity index (χ4v) is 2.17. The van der Waals surface area contributed by atoms with Crippen molar-refractivity contribution in [2.45, 2.75) is 0 Å². The zero-order valence-corrected chi connectivity index (χ0v) is 9.76. The zero-order chi connectivity index (χ0) is 12.5. The molecule has 0 unspecified atom stereocenters. The van der Waals surface area contributed by atoms with E-state index in [0.717, 1.165) is 32.0 Å². The first-order valence-corrected chi connectivity index (χ1v) is 5.78. The molecule has 1 saturated heterocycles. The van der Waals surface area contributed by atoms with Crippen LogP contribution >= 0.6 is 0 Å². The second kappa shape index (κ2) is 4.26. The average Bonchev–Trinajstić information content (AvgIpc) is 2.87. The summed E-state index contributed by atoms with van der Waals surface area (Å²) in [4.78, 5) is 17.5. The van der Waals surface area contributed by atoms with Crippen LogP contribution in [0.5, 0.6) is 0 Å². The Bertz CT molecular complexity index is 586. The van der Waals surface area contributed by atoms with E-state index in [1.165, 1.54) is 0 Å². The highest BCUT2D eigenvalue weighted by Crippen LogP contribution is 2.18. The SMILES string of the molecule is NC(=O)c1ccc(N2CCNCC2)n2n[c]nc12. The number of primary amides is 1. The molecule has 3 N–H and O–H groups in total. The highest BCUT2D eigenvalue weighted by Gasteiger charge is 2.17. The van der Waals surface area contributed by atoms with Crippen molar-refractivity contribution in [3.05, 3.63) is 24.0 Å². The van der Waals surface area contributed by atoms with Gasteiger partial charge in [-0.1, -0.05) is 0 Å². The van der Waals surface area contributed by atoms with E-state index in [-0.39, 0.29) is 0 Å². The predicted octanol–water partition coefficient (Wildman–Crippen LogP) is -0.962. The molecule has 1 aliphatic heterocycles. The number of anilines is 1. The first-order chi connectivity index (χ1) is 8.77. The smallest absolute Gasteiger partial charge is 0.252 e. The molecule has 7 nitrogen and oxygen atoms in total. The molecule has 0 aliphatic carbocycles. The minimum Gasteiger partial charge on any atom is -0.365 e. The molecule has 1 radical (unpaired) electrons. The Hall–Kier alpha value is -2.15. The van der Waals surface area contributed by atoms with Crippen LogP contribution < -0.4 is 16.0 Å². The Morgan fingerprint density at radius 3 is 2.89 bits per heavy atom. The third kappa shape index (κ3) is 1.68. The van der Waals surface area contributed by atoms with Crippen molar-refractivity contribution >= 4 is 17.4 Å². The number of piperazine rings is 1. The fraction of sp³-hybridized carbons (Fsp3) is 0.364. The molecule has 2 aromatic heterocycles. The van der Waals surface area contributed by atoms with Crippen molar-refractivity contribution in [2.75, 3.05) is 31.1 Å². The number of aromatic nitrogens is 3. The van der Waals surface area contributed by atoms with E-state index in [0.29, 0.717) is 11.2 Å². The van der Waals surface area contributed by atoms with E-state index in [9.17, 15) is 4.79 Å². The lowest BCUT2D eigenvalue weighted by Gasteiger charge is -2.29. The molecule has 3 heterocycles. The minimum absolute atomic E-state index is 0.364. The van der Waals surface area contributed by atoms with E-state index < -0.39 is 5.91 Å². The summed E-state index contributed by atoms with van der Waals surface area (Å²) in [5, 5.41) is 7.33. The van der Waals surface area contributed by atoms with E-state index in [1.807, 2.05) is 6.07 Å². The number of hydrogen-bond acceptors (Lipinski definition) is 5. The number of carbonyl (C=O) groups excluding carboxylic acids is 1. The van der Waals surface area contributed by atoms with Gasteiger partial charge >= 0.3 is 0 Å². The van der Waals surface area contributed by atoms with E-state index >= 15 is 0 Å². The second-order valence-corrected chi connectivity index (χ2v) is 4.15. The molecule has 1 fully saturated rings. The van der Waals surface area contributed by atoms with Gasteiger partial charge in [-0.2, -0.15) is 4.52 Å². The summed E-state index contributed by atoms with van der Waals surface area (Å²) in [6.45, 7) is 3.64. The lowest BCUT2D eigenvalue weighted by molar-refractivity contribution is 0.100. The van der Waals surface area contributed by atoms with Gasteiger partial charge in [0.1, 0.15) is 5.82 Å². The maximum atomic E-state index is 11.3. The molecule has 0 saturated carbocycles. The molecule has 0 atom stereocenters. The number of rotatable bonds is 2. The second-order valence-electron chi connectivity index (χ2n) is 4.15. The summed E-state index contributed by atoms with van der Waals surface area (Å²) < 4.78 is 1.62. The van der Waals surface area contributed by atoms with Crippen LogP contribution in [0.3, 0.4) is 0 Å². The minimum atomic E-state index is -0.506. The molecular weight excluding hydrogens is 232 g/mol. The van der Waals surface area contributed by atoms with Gasteiger partial charge in [0.2, 0.25) is 6.33 Å². The summed E-state index contributed by atoms with van der Waals surface area (Å²) in [6, 6.07) is 3.54. The summed E-state index contributed by atoms with van der Waals surface area (Å²) in [6.07, 6.45) is 2.53. The van der Waals surface area contributed by atoms with Crippen molar-refractivity contribution in [3.8, 4) is 0 Å². The van der Waals surface area contributed by atoms with Gasteiger partial charge in [0.15, 0.2) is 5.65 Å². The first kappa shape index (κ1) is 11.0. The zero-order valence-electron chi connectivity index (χ0n) is 9.76. The number of hydrogen-bond donors (Lipinski definition) is 2. The summed E-state index contributed by atoms with van der Waals surface area (Å²) in [5.41, 5.74) is 6.13. The van der Waals surface area contributed by atoms with E-state index in [4.69, 9.17) is 5.73 Å². The lowest BCUT2D eigenvalue weighted by atomic mass is 10.2. The van der Waals surface area contributed by atoms with Crippen molar-refractivity contribution in [1.29, 1.82) is 0 Å². The molecule has 1 amide bonds. The van der Waals surface area contributed by atoms with Crippen molar-refractivity contribution < 1.29 is 4.79 Å².